The fourth-order valence-corrected chi connectivity index (χ4v) is 3.71. The molecule has 0 bridgehead atoms. The summed E-state index contributed by atoms with van der Waals surface area (Å²) in [5, 5.41) is 32.3. The molecular formula is C17H16Cl2N2O8S. The zero-order chi connectivity index (χ0) is 22.6. The Labute approximate surface area is 181 Å². The summed E-state index contributed by atoms with van der Waals surface area (Å²) in [7, 11) is -3.94. The number of nitrogens with zero attached hydrogens (tertiary/aromatic N) is 2. The second kappa shape index (κ2) is 9.67. The van der Waals surface area contributed by atoms with E-state index in [4.69, 9.17) is 27.4 Å². The van der Waals surface area contributed by atoms with Gasteiger partial charge in [0.05, 0.1) is 22.2 Å². The Balaban J connectivity index is 2.28. The summed E-state index contributed by atoms with van der Waals surface area (Å²) >= 11 is 11.5. The highest BCUT2D eigenvalue weighted by molar-refractivity contribution is 7.86. The van der Waals surface area contributed by atoms with Gasteiger partial charge in [-0.3, -0.25) is 24.4 Å². The number of aliphatic hydroxyl groups is 1. The molecule has 1 N–H and O–H groups in total. The molecule has 0 unspecified atom stereocenters. The van der Waals surface area contributed by atoms with Crippen molar-refractivity contribution in [3.05, 3.63) is 77.8 Å². The van der Waals surface area contributed by atoms with Gasteiger partial charge in [-0.2, -0.15) is 8.42 Å². The van der Waals surface area contributed by atoms with Crippen LogP contribution in [0.1, 0.15) is 36.2 Å². The fraction of sp³-hybridized carbons (Fsp3) is 0.294. The monoisotopic (exact) mass is 478 g/mol. The van der Waals surface area contributed by atoms with Gasteiger partial charge in [0.25, 0.3) is 21.5 Å². The zero-order valence-electron chi connectivity index (χ0n) is 15.4. The fourth-order valence-electron chi connectivity index (χ4n) is 2.70. The molecule has 162 valence electrons. The van der Waals surface area contributed by atoms with E-state index in [9.17, 15) is 33.8 Å². The van der Waals surface area contributed by atoms with Crippen molar-refractivity contribution in [1.82, 2.24) is 0 Å². The number of aliphatic hydroxyl groups excluding tert-OH is 1. The molecule has 0 aromatic heterocycles. The number of nitro groups is 2. The van der Waals surface area contributed by atoms with Crippen LogP contribution in [0, 0.1) is 20.2 Å². The van der Waals surface area contributed by atoms with Gasteiger partial charge in [-0.15, -0.1) is 0 Å². The molecular weight excluding hydrogens is 463 g/mol. The van der Waals surface area contributed by atoms with Gasteiger partial charge in [0.1, 0.15) is 16.1 Å². The lowest BCUT2D eigenvalue weighted by molar-refractivity contribution is -0.385. The van der Waals surface area contributed by atoms with E-state index >= 15 is 0 Å². The Bertz CT molecular complexity index is 1080. The van der Waals surface area contributed by atoms with Crippen LogP contribution < -0.4 is 0 Å². The lowest BCUT2D eigenvalue weighted by Gasteiger charge is -2.19. The van der Waals surface area contributed by atoms with Crippen molar-refractivity contribution in [2.45, 2.75) is 25.0 Å². The van der Waals surface area contributed by atoms with E-state index in [0.29, 0.717) is 0 Å². The predicted octanol–water partition coefficient (Wildman–Crippen LogP) is 4.34. The third-order valence-corrected chi connectivity index (χ3v) is 5.30. The largest absolute Gasteiger partial charge is 0.388 e. The van der Waals surface area contributed by atoms with Crippen LogP contribution in [0.15, 0.2) is 36.4 Å². The summed E-state index contributed by atoms with van der Waals surface area (Å²) in [5.74, 6) is 0. The van der Waals surface area contributed by atoms with E-state index in [2.05, 4.69) is 0 Å². The number of hydrogen-bond acceptors (Lipinski definition) is 8. The summed E-state index contributed by atoms with van der Waals surface area (Å²) in [6.07, 6.45) is -1.65. The first kappa shape index (κ1) is 24.0. The highest BCUT2D eigenvalue weighted by Gasteiger charge is 2.24. The zero-order valence-corrected chi connectivity index (χ0v) is 17.7. The second-order valence-electron chi connectivity index (χ2n) is 6.32. The summed E-state index contributed by atoms with van der Waals surface area (Å²) in [6, 6.07) is 7.51. The van der Waals surface area contributed by atoms with Crippen molar-refractivity contribution in [3.8, 4) is 0 Å². The third kappa shape index (κ3) is 6.34. The molecule has 2 aromatic rings. The van der Waals surface area contributed by atoms with E-state index in [1.807, 2.05) is 0 Å². The van der Waals surface area contributed by atoms with E-state index < -0.39 is 37.9 Å². The first-order valence-electron chi connectivity index (χ1n) is 8.33. The molecule has 10 nitrogen and oxygen atoms in total. The molecule has 0 fully saturated rings. The van der Waals surface area contributed by atoms with Gasteiger partial charge in [0.15, 0.2) is 0 Å². The van der Waals surface area contributed by atoms with Gasteiger partial charge < -0.3 is 5.11 Å². The molecule has 0 aliphatic heterocycles. The topological polar surface area (TPSA) is 150 Å². The van der Waals surface area contributed by atoms with Crippen molar-refractivity contribution in [1.29, 1.82) is 0 Å². The number of benzene rings is 2. The minimum atomic E-state index is -3.94. The van der Waals surface area contributed by atoms with Gasteiger partial charge in [0.2, 0.25) is 0 Å². The van der Waals surface area contributed by atoms with E-state index in [1.54, 1.807) is 0 Å². The van der Waals surface area contributed by atoms with Crippen molar-refractivity contribution in [2.75, 3.05) is 6.26 Å². The summed E-state index contributed by atoms with van der Waals surface area (Å²) < 4.78 is 28.3. The summed E-state index contributed by atoms with van der Waals surface area (Å²) in [4.78, 5) is 20.7. The molecule has 0 heterocycles. The number of hydrogen-bond donors (Lipinski definition) is 1. The van der Waals surface area contributed by atoms with Crippen molar-refractivity contribution >= 4 is 44.7 Å². The quantitative estimate of drug-likeness (QED) is 0.317. The molecule has 0 aliphatic carbocycles. The maximum Gasteiger partial charge on any atom is 0.288 e. The van der Waals surface area contributed by atoms with Crippen LogP contribution in [0.2, 0.25) is 10.0 Å². The average Bonchev–Trinajstić information content (AvgIpc) is 2.64. The molecule has 0 aliphatic rings. The molecule has 13 heteroatoms. The van der Waals surface area contributed by atoms with Crippen LogP contribution in [0.3, 0.4) is 0 Å². The van der Waals surface area contributed by atoms with Crippen LogP contribution >= 0.6 is 23.2 Å². The SMILES string of the molecule is CS(=O)(=O)O[C@H](CC[C@@H](O)c1ccc(Cl)c([N+](=O)[O-])c1)c1ccc(Cl)c([N+](=O)[O-])c1. The van der Waals surface area contributed by atoms with Crippen LogP contribution in [-0.4, -0.2) is 29.6 Å². The standard InChI is InChI=1S/C17H16Cl2N2O8S/c1-30(27,28)29-17(11-3-5-13(19)15(9-11)21(25)26)7-6-16(22)10-2-4-12(18)14(8-10)20(23)24/h2-5,8-9,16-17,22H,6-7H2,1H3/t16-,17-/m1/s1. The van der Waals surface area contributed by atoms with Gasteiger partial charge >= 0.3 is 0 Å². The first-order valence-corrected chi connectivity index (χ1v) is 10.9. The summed E-state index contributed by atoms with van der Waals surface area (Å²) in [6.45, 7) is 0. The van der Waals surface area contributed by atoms with Crippen LogP contribution in [0.25, 0.3) is 0 Å². The van der Waals surface area contributed by atoms with Crippen LogP contribution in [0.5, 0.6) is 0 Å². The lowest BCUT2D eigenvalue weighted by atomic mass is 9.98. The number of rotatable bonds is 9. The Kier molecular flexibility index (Phi) is 7.72. The smallest absolute Gasteiger partial charge is 0.288 e. The normalized spacial score (nSPS) is 13.6. The first-order chi connectivity index (χ1) is 13.9. The number of halogens is 2. The molecule has 2 atom stereocenters. The van der Waals surface area contributed by atoms with Crippen molar-refractivity contribution in [3.63, 3.8) is 0 Å². The Morgan fingerprint density at radius 1 is 0.967 bits per heavy atom. The van der Waals surface area contributed by atoms with Crippen molar-refractivity contribution in [2.24, 2.45) is 0 Å². The molecule has 0 amide bonds. The minimum Gasteiger partial charge on any atom is -0.388 e. The van der Waals surface area contributed by atoms with Crippen LogP contribution in [-0.2, 0) is 14.3 Å². The molecule has 30 heavy (non-hydrogen) atoms. The molecule has 2 aromatic carbocycles. The summed E-state index contributed by atoms with van der Waals surface area (Å²) in [5.41, 5.74) is -0.437. The number of nitro benzene ring substituents is 2. The highest BCUT2D eigenvalue weighted by Crippen LogP contribution is 2.35. The molecule has 2 rings (SSSR count). The Hall–Kier alpha value is -2.31. The van der Waals surface area contributed by atoms with Gasteiger partial charge in [-0.25, -0.2) is 0 Å². The second-order valence-corrected chi connectivity index (χ2v) is 8.73. The average molecular weight is 479 g/mol. The highest BCUT2D eigenvalue weighted by atomic mass is 35.5. The maximum atomic E-state index is 11.6. The minimum absolute atomic E-state index is 0.0601. The van der Waals surface area contributed by atoms with Crippen LogP contribution in [0.4, 0.5) is 11.4 Å². The van der Waals surface area contributed by atoms with Gasteiger partial charge in [-0.1, -0.05) is 35.3 Å². The molecule has 0 spiro atoms. The maximum absolute atomic E-state index is 11.6. The third-order valence-electron chi connectivity index (χ3n) is 4.08. The lowest BCUT2D eigenvalue weighted by Crippen LogP contribution is -2.12. The Morgan fingerprint density at radius 2 is 1.43 bits per heavy atom. The molecule has 0 radical (unpaired) electrons. The Morgan fingerprint density at radius 3 is 1.90 bits per heavy atom. The predicted molar refractivity (Wildman–Crippen MR) is 109 cm³/mol. The van der Waals surface area contributed by atoms with E-state index in [1.165, 1.54) is 24.3 Å². The van der Waals surface area contributed by atoms with E-state index in [0.717, 1.165) is 18.4 Å². The van der Waals surface area contributed by atoms with Gasteiger partial charge in [-0.05, 0) is 36.1 Å². The molecule has 0 saturated carbocycles. The molecule has 0 saturated heterocycles. The van der Waals surface area contributed by atoms with Gasteiger partial charge in [0, 0.05) is 12.1 Å². The van der Waals surface area contributed by atoms with E-state index in [-0.39, 0.29) is 39.7 Å². The van der Waals surface area contributed by atoms with Crippen molar-refractivity contribution < 1.29 is 27.6 Å².